The molecule has 0 aliphatic carbocycles. The molecule has 0 saturated carbocycles. The van der Waals surface area contributed by atoms with Crippen LogP contribution in [0.2, 0.25) is 10.0 Å². The molecule has 0 aromatic heterocycles. The predicted octanol–water partition coefficient (Wildman–Crippen LogP) is 4.72. The number of halogens is 2. The Morgan fingerprint density at radius 3 is 2.25 bits per heavy atom. The van der Waals surface area contributed by atoms with Crippen LogP contribution < -0.4 is 10.2 Å². The molecule has 0 aliphatic heterocycles. The molecule has 3 nitrogen and oxygen atoms in total. The zero-order valence-electron chi connectivity index (χ0n) is 11.2. The number of para-hydroxylation sites is 3. The maximum atomic E-state index is 11.3. The zero-order valence-corrected chi connectivity index (χ0v) is 12.7. The van der Waals surface area contributed by atoms with Crippen LogP contribution in [-0.2, 0) is 4.79 Å². The van der Waals surface area contributed by atoms with Crippen molar-refractivity contribution in [1.29, 1.82) is 0 Å². The summed E-state index contributed by atoms with van der Waals surface area (Å²) in [5.74, 6) is -0.129. The highest BCUT2D eigenvalue weighted by atomic mass is 35.5. The fourth-order valence-corrected chi connectivity index (χ4v) is 2.64. The number of benzene rings is 2. The first-order valence-corrected chi connectivity index (χ1v) is 6.80. The van der Waals surface area contributed by atoms with Crippen molar-refractivity contribution in [2.24, 2.45) is 0 Å². The van der Waals surface area contributed by atoms with Crippen LogP contribution in [0.15, 0.2) is 42.5 Å². The number of carbonyl (C=O) groups excluding carboxylic acids is 1. The number of nitrogens with zero attached hydrogens (tertiary/aromatic N) is 1. The van der Waals surface area contributed by atoms with Gasteiger partial charge >= 0.3 is 0 Å². The second kappa shape index (κ2) is 6.16. The highest BCUT2D eigenvalue weighted by molar-refractivity contribution is 6.39. The third-order valence-electron chi connectivity index (χ3n) is 2.85. The van der Waals surface area contributed by atoms with Crippen LogP contribution >= 0.6 is 23.2 Å². The molecule has 2 aromatic carbocycles. The number of hydrogen-bond donors (Lipinski definition) is 1. The van der Waals surface area contributed by atoms with Gasteiger partial charge in [0.25, 0.3) is 0 Å². The van der Waals surface area contributed by atoms with Gasteiger partial charge in [0.05, 0.1) is 27.1 Å². The first-order valence-electron chi connectivity index (χ1n) is 6.05. The van der Waals surface area contributed by atoms with Crippen molar-refractivity contribution in [2.45, 2.75) is 6.92 Å². The van der Waals surface area contributed by atoms with E-state index in [0.29, 0.717) is 21.4 Å². The summed E-state index contributed by atoms with van der Waals surface area (Å²) in [5, 5.41) is 3.90. The van der Waals surface area contributed by atoms with E-state index in [1.165, 1.54) is 6.92 Å². The van der Waals surface area contributed by atoms with Gasteiger partial charge in [-0.25, -0.2) is 0 Å². The van der Waals surface area contributed by atoms with E-state index in [-0.39, 0.29) is 5.91 Å². The summed E-state index contributed by atoms with van der Waals surface area (Å²) < 4.78 is 0. The van der Waals surface area contributed by atoms with Gasteiger partial charge in [0.15, 0.2) is 0 Å². The summed E-state index contributed by atoms with van der Waals surface area (Å²) in [6.07, 6.45) is 0. The van der Waals surface area contributed by atoms with E-state index in [1.807, 2.05) is 36.2 Å². The summed E-state index contributed by atoms with van der Waals surface area (Å²) in [6, 6.07) is 12.8. The monoisotopic (exact) mass is 308 g/mol. The van der Waals surface area contributed by atoms with Crippen molar-refractivity contribution in [1.82, 2.24) is 0 Å². The van der Waals surface area contributed by atoms with Gasteiger partial charge in [-0.15, -0.1) is 0 Å². The van der Waals surface area contributed by atoms with Crippen LogP contribution in [0.5, 0.6) is 0 Å². The Balaban J connectivity index is 2.48. The molecule has 1 amide bonds. The fourth-order valence-electron chi connectivity index (χ4n) is 1.99. The molecule has 0 atom stereocenters. The summed E-state index contributed by atoms with van der Waals surface area (Å²) in [7, 11) is 1.85. The van der Waals surface area contributed by atoms with E-state index in [0.717, 1.165) is 5.69 Å². The van der Waals surface area contributed by atoms with Crippen molar-refractivity contribution in [2.75, 3.05) is 17.3 Å². The van der Waals surface area contributed by atoms with Gasteiger partial charge in [-0.2, -0.15) is 0 Å². The number of amides is 1. The summed E-state index contributed by atoms with van der Waals surface area (Å²) in [6.45, 7) is 1.47. The van der Waals surface area contributed by atoms with Crippen LogP contribution in [-0.4, -0.2) is 13.0 Å². The van der Waals surface area contributed by atoms with E-state index in [2.05, 4.69) is 5.32 Å². The molecular formula is C15H14Cl2N2O. The molecule has 0 heterocycles. The maximum Gasteiger partial charge on any atom is 0.221 e. The normalized spacial score (nSPS) is 10.2. The van der Waals surface area contributed by atoms with Gasteiger partial charge in [-0.05, 0) is 24.3 Å². The van der Waals surface area contributed by atoms with Crippen LogP contribution in [0.25, 0.3) is 0 Å². The Hall–Kier alpha value is -1.71. The molecule has 2 rings (SSSR count). The molecule has 0 fully saturated rings. The molecule has 2 aromatic rings. The Bertz CT molecular complexity index is 623. The van der Waals surface area contributed by atoms with E-state index in [4.69, 9.17) is 23.2 Å². The van der Waals surface area contributed by atoms with Gasteiger partial charge in [-0.1, -0.05) is 41.4 Å². The van der Waals surface area contributed by atoms with E-state index < -0.39 is 0 Å². The number of nitrogens with one attached hydrogen (secondary N) is 1. The third-order valence-corrected chi connectivity index (χ3v) is 3.46. The summed E-state index contributed by atoms with van der Waals surface area (Å²) in [5.41, 5.74) is 2.23. The van der Waals surface area contributed by atoms with Gasteiger partial charge in [-0.3, -0.25) is 4.79 Å². The molecule has 5 heteroatoms. The predicted molar refractivity (Wildman–Crippen MR) is 85.3 cm³/mol. The van der Waals surface area contributed by atoms with Crippen molar-refractivity contribution >= 4 is 46.2 Å². The molecule has 0 bridgehead atoms. The molecule has 0 radical (unpaired) electrons. The standard InChI is InChI=1S/C15H14Cl2N2O/c1-10(20)18-13-8-3-4-9-14(13)19(2)15-11(16)6-5-7-12(15)17/h3-9H,1-2H3,(H,18,20). The Kier molecular flexibility index (Phi) is 4.53. The Morgan fingerprint density at radius 1 is 1.05 bits per heavy atom. The van der Waals surface area contributed by atoms with Gasteiger partial charge in [0, 0.05) is 14.0 Å². The lowest BCUT2D eigenvalue weighted by Crippen LogP contribution is -2.15. The molecule has 0 saturated heterocycles. The molecule has 20 heavy (non-hydrogen) atoms. The topological polar surface area (TPSA) is 32.3 Å². The molecule has 104 valence electrons. The number of carbonyl (C=O) groups is 1. The summed E-state index contributed by atoms with van der Waals surface area (Å²) in [4.78, 5) is 13.1. The van der Waals surface area contributed by atoms with Gasteiger partial charge in [0.2, 0.25) is 5.91 Å². The quantitative estimate of drug-likeness (QED) is 0.889. The van der Waals surface area contributed by atoms with E-state index >= 15 is 0 Å². The lowest BCUT2D eigenvalue weighted by molar-refractivity contribution is -0.114. The first kappa shape index (κ1) is 14.7. The number of hydrogen-bond acceptors (Lipinski definition) is 2. The van der Waals surface area contributed by atoms with Crippen LogP contribution in [0.1, 0.15) is 6.92 Å². The van der Waals surface area contributed by atoms with Gasteiger partial charge in [0.1, 0.15) is 0 Å². The number of rotatable bonds is 3. The van der Waals surface area contributed by atoms with Crippen LogP contribution in [0.4, 0.5) is 17.1 Å². The Morgan fingerprint density at radius 2 is 1.65 bits per heavy atom. The molecule has 1 N–H and O–H groups in total. The lowest BCUT2D eigenvalue weighted by atomic mass is 10.2. The minimum Gasteiger partial charge on any atom is -0.340 e. The fraction of sp³-hybridized carbons (Fsp3) is 0.133. The second-order valence-corrected chi connectivity index (χ2v) is 5.14. The zero-order chi connectivity index (χ0) is 14.7. The van der Waals surface area contributed by atoms with E-state index in [9.17, 15) is 4.79 Å². The highest BCUT2D eigenvalue weighted by Crippen LogP contribution is 2.39. The largest absolute Gasteiger partial charge is 0.340 e. The van der Waals surface area contributed by atoms with Crippen molar-refractivity contribution in [3.05, 3.63) is 52.5 Å². The minimum absolute atomic E-state index is 0.129. The minimum atomic E-state index is -0.129. The van der Waals surface area contributed by atoms with Crippen molar-refractivity contribution < 1.29 is 4.79 Å². The average molecular weight is 309 g/mol. The SMILES string of the molecule is CC(=O)Nc1ccccc1N(C)c1c(Cl)cccc1Cl. The van der Waals surface area contributed by atoms with Crippen molar-refractivity contribution in [3.8, 4) is 0 Å². The van der Waals surface area contributed by atoms with Crippen molar-refractivity contribution in [3.63, 3.8) is 0 Å². The average Bonchev–Trinajstić information content (AvgIpc) is 2.38. The number of anilines is 3. The van der Waals surface area contributed by atoms with E-state index in [1.54, 1.807) is 18.2 Å². The maximum absolute atomic E-state index is 11.3. The van der Waals surface area contributed by atoms with Crippen LogP contribution in [0.3, 0.4) is 0 Å². The van der Waals surface area contributed by atoms with Crippen LogP contribution in [0, 0.1) is 0 Å². The highest BCUT2D eigenvalue weighted by Gasteiger charge is 2.15. The smallest absolute Gasteiger partial charge is 0.221 e. The first-order chi connectivity index (χ1) is 9.50. The molecular weight excluding hydrogens is 295 g/mol. The lowest BCUT2D eigenvalue weighted by Gasteiger charge is -2.24. The summed E-state index contributed by atoms with van der Waals surface area (Å²) >= 11 is 12.4. The molecule has 0 unspecified atom stereocenters. The Labute approximate surface area is 128 Å². The third kappa shape index (κ3) is 3.06. The molecule has 0 aliphatic rings. The van der Waals surface area contributed by atoms with Gasteiger partial charge < -0.3 is 10.2 Å². The second-order valence-electron chi connectivity index (χ2n) is 4.33. The molecule has 0 spiro atoms.